The van der Waals surface area contributed by atoms with Crippen molar-refractivity contribution < 1.29 is 9.59 Å². The van der Waals surface area contributed by atoms with Crippen molar-refractivity contribution >= 4 is 23.2 Å². The quantitative estimate of drug-likeness (QED) is 0.689. The van der Waals surface area contributed by atoms with Gasteiger partial charge in [-0.1, -0.05) is 35.4 Å². The summed E-state index contributed by atoms with van der Waals surface area (Å²) in [6.45, 7) is 7.92. The molecule has 3 rings (SSSR count). The number of hydrogen-bond acceptors (Lipinski definition) is 3. The Morgan fingerprint density at radius 1 is 0.714 bits per heavy atom. The van der Waals surface area contributed by atoms with Crippen molar-refractivity contribution in [1.29, 1.82) is 0 Å². The number of rotatable bonds is 4. The van der Waals surface area contributed by atoms with E-state index < -0.39 is 0 Å². The summed E-state index contributed by atoms with van der Waals surface area (Å²) in [6, 6.07) is 13.1. The standard InChI is InChI=1S/C23H23N3O2/c1-14-5-7-20(8-6-14)25-22(27)18-11-19(13-24-12-18)23(28)26-21-16(3)9-15(2)10-17(21)4/h5-13H,1-4H3,(H,25,27)(H,26,28). The lowest BCUT2D eigenvalue weighted by Crippen LogP contribution is -2.17. The molecule has 3 aromatic rings. The van der Waals surface area contributed by atoms with Crippen LogP contribution in [0.3, 0.4) is 0 Å². The summed E-state index contributed by atoms with van der Waals surface area (Å²) in [4.78, 5) is 29.2. The molecule has 2 N–H and O–H groups in total. The zero-order chi connectivity index (χ0) is 20.3. The number of benzene rings is 2. The van der Waals surface area contributed by atoms with E-state index in [4.69, 9.17) is 0 Å². The number of aryl methyl sites for hydroxylation is 4. The molecule has 1 aromatic heterocycles. The first-order valence-electron chi connectivity index (χ1n) is 9.06. The number of nitrogens with zero attached hydrogens (tertiary/aromatic N) is 1. The summed E-state index contributed by atoms with van der Waals surface area (Å²) in [5, 5.41) is 5.75. The molecule has 0 saturated heterocycles. The van der Waals surface area contributed by atoms with Gasteiger partial charge in [0, 0.05) is 23.8 Å². The van der Waals surface area contributed by atoms with Gasteiger partial charge in [-0.05, 0) is 57.0 Å². The second kappa shape index (κ2) is 8.05. The van der Waals surface area contributed by atoms with Gasteiger partial charge >= 0.3 is 0 Å². The fraction of sp³-hybridized carbons (Fsp3) is 0.174. The summed E-state index contributed by atoms with van der Waals surface area (Å²) in [5.74, 6) is -0.610. The number of carbonyl (C=O) groups is 2. The van der Waals surface area contributed by atoms with E-state index in [-0.39, 0.29) is 11.8 Å². The molecule has 5 heteroatoms. The molecule has 0 aliphatic rings. The van der Waals surface area contributed by atoms with Gasteiger partial charge in [0.15, 0.2) is 0 Å². The number of pyridine rings is 1. The average Bonchev–Trinajstić information content (AvgIpc) is 2.66. The molecule has 0 spiro atoms. The maximum absolute atomic E-state index is 12.7. The van der Waals surface area contributed by atoms with Crippen LogP contribution in [-0.4, -0.2) is 16.8 Å². The predicted octanol–water partition coefficient (Wildman–Crippen LogP) is 4.82. The fourth-order valence-corrected chi connectivity index (χ4v) is 3.09. The maximum atomic E-state index is 12.7. The van der Waals surface area contributed by atoms with Gasteiger partial charge < -0.3 is 10.6 Å². The van der Waals surface area contributed by atoms with Gasteiger partial charge in [-0.3, -0.25) is 14.6 Å². The maximum Gasteiger partial charge on any atom is 0.257 e. The molecule has 0 fully saturated rings. The molecule has 0 aliphatic heterocycles. The van der Waals surface area contributed by atoms with Crippen molar-refractivity contribution in [2.45, 2.75) is 27.7 Å². The Labute approximate surface area is 164 Å². The minimum absolute atomic E-state index is 0.299. The van der Waals surface area contributed by atoms with Crippen LogP contribution in [0.15, 0.2) is 54.9 Å². The first kappa shape index (κ1) is 19.3. The van der Waals surface area contributed by atoms with E-state index in [2.05, 4.69) is 15.6 Å². The second-order valence-electron chi connectivity index (χ2n) is 7.01. The van der Waals surface area contributed by atoms with E-state index in [1.54, 1.807) is 6.07 Å². The number of amides is 2. The average molecular weight is 373 g/mol. The van der Waals surface area contributed by atoms with Crippen molar-refractivity contribution in [2.75, 3.05) is 10.6 Å². The molecule has 0 aliphatic carbocycles. The first-order chi connectivity index (χ1) is 13.3. The molecule has 0 radical (unpaired) electrons. The predicted molar refractivity (Wildman–Crippen MR) is 112 cm³/mol. The first-order valence-corrected chi connectivity index (χ1v) is 9.06. The summed E-state index contributed by atoms with van der Waals surface area (Å²) in [7, 11) is 0. The Morgan fingerprint density at radius 2 is 1.25 bits per heavy atom. The zero-order valence-corrected chi connectivity index (χ0v) is 16.5. The number of anilines is 2. The number of aromatic nitrogens is 1. The highest BCUT2D eigenvalue weighted by Crippen LogP contribution is 2.22. The third-order valence-electron chi connectivity index (χ3n) is 4.49. The van der Waals surface area contributed by atoms with Crippen LogP contribution in [0.5, 0.6) is 0 Å². The van der Waals surface area contributed by atoms with Gasteiger partial charge in [-0.15, -0.1) is 0 Å². The number of hydrogen-bond donors (Lipinski definition) is 2. The van der Waals surface area contributed by atoms with Crippen molar-refractivity contribution in [3.63, 3.8) is 0 Å². The highest BCUT2D eigenvalue weighted by atomic mass is 16.2. The lowest BCUT2D eigenvalue weighted by atomic mass is 10.0. The molecule has 2 amide bonds. The van der Waals surface area contributed by atoms with E-state index in [0.717, 1.165) is 27.9 Å². The Bertz CT molecular complexity index is 1020. The molecular weight excluding hydrogens is 350 g/mol. The normalized spacial score (nSPS) is 10.4. The van der Waals surface area contributed by atoms with Crippen molar-refractivity contribution in [3.8, 4) is 0 Å². The minimum atomic E-state index is -0.311. The monoisotopic (exact) mass is 373 g/mol. The van der Waals surface area contributed by atoms with Gasteiger partial charge in [0.1, 0.15) is 0 Å². The Hall–Kier alpha value is -3.47. The molecule has 0 saturated carbocycles. The molecular formula is C23H23N3O2. The van der Waals surface area contributed by atoms with E-state index in [1.807, 2.05) is 64.1 Å². The van der Waals surface area contributed by atoms with Crippen LogP contribution in [0.4, 0.5) is 11.4 Å². The van der Waals surface area contributed by atoms with Gasteiger partial charge in [0.05, 0.1) is 11.1 Å². The Balaban J connectivity index is 1.78. The van der Waals surface area contributed by atoms with Crippen LogP contribution in [0.25, 0.3) is 0 Å². The van der Waals surface area contributed by atoms with E-state index in [9.17, 15) is 9.59 Å². The van der Waals surface area contributed by atoms with Gasteiger partial charge in [0.2, 0.25) is 0 Å². The highest BCUT2D eigenvalue weighted by Gasteiger charge is 2.14. The lowest BCUT2D eigenvalue weighted by Gasteiger charge is -2.13. The van der Waals surface area contributed by atoms with Crippen LogP contribution in [-0.2, 0) is 0 Å². The minimum Gasteiger partial charge on any atom is -0.322 e. The highest BCUT2D eigenvalue weighted by molar-refractivity contribution is 6.08. The molecule has 5 nitrogen and oxygen atoms in total. The zero-order valence-electron chi connectivity index (χ0n) is 16.5. The van der Waals surface area contributed by atoms with Gasteiger partial charge in [-0.2, -0.15) is 0 Å². The van der Waals surface area contributed by atoms with Crippen molar-refractivity contribution in [3.05, 3.63) is 88.2 Å². The molecule has 0 unspecified atom stereocenters. The largest absolute Gasteiger partial charge is 0.322 e. The molecule has 28 heavy (non-hydrogen) atoms. The lowest BCUT2D eigenvalue weighted by molar-refractivity contribution is 0.102. The molecule has 0 bridgehead atoms. The SMILES string of the molecule is Cc1ccc(NC(=O)c2cncc(C(=O)Nc3c(C)cc(C)cc3C)c2)cc1. The van der Waals surface area contributed by atoms with Crippen LogP contribution in [0.2, 0.25) is 0 Å². The Morgan fingerprint density at radius 3 is 1.82 bits per heavy atom. The van der Waals surface area contributed by atoms with E-state index in [1.165, 1.54) is 12.4 Å². The Kier molecular flexibility index (Phi) is 5.54. The van der Waals surface area contributed by atoms with Crippen LogP contribution >= 0.6 is 0 Å². The summed E-state index contributed by atoms with van der Waals surface area (Å²) in [5.41, 5.74) is 6.37. The number of carbonyl (C=O) groups excluding carboxylic acids is 2. The second-order valence-corrected chi connectivity index (χ2v) is 7.01. The van der Waals surface area contributed by atoms with E-state index >= 15 is 0 Å². The fourth-order valence-electron chi connectivity index (χ4n) is 3.09. The van der Waals surface area contributed by atoms with Crippen LogP contribution in [0.1, 0.15) is 43.0 Å². The molecule has 2 aromatic carbocycles. The van der Waals surface area contributed by atoms with E-state index in [0.29, 0.717) is 16.8 Å². The molecule has 142 valence electrons. The summed E-state index contributed by atoms with van der Waals surface area (Å²) < 4.78 is 0. The van der Waals surface area contributed by atoms with Crippen molar-refractivity contribution in [2.24, 2.45) is 0 Å². The van der Waals surface area contributed by atoms with Crippen LogP contribution < -0.4 is 10.6 Å². The summed E-state index contributed by atoms with van der Waals surface area (Å²) >= 11 is 0. The summed E-state index contributed by atoms with van der Waals surface area (Å²) in [6.07, 6.45) is 2.90. The van der Waals surface area contributed by atoms with Crippen molar-refractivity contribution in [1.82, 2.24) is 4.98 Å². The topological polar surface area (TPSA) is 71.1 Å². The molecule has 0 atom stereocenters. The van der Waals surface area contributed by atoms with Crippen LogP contribution in [0, 0.1) is 27.7 Å². The number of nitrogens with one attached hydrogen (secondary N) is 2. The van der Waals surface area contributed by atoms with Gasteiger partial charge in [-0.25, -0.2) is 0 Å². The molecule has 1 heterocycles. The smallest absolute Gasteiger partial charge is 0.257 e. The third-order valence-corrected chi connectivity index (χ3v) is 4.49. The third kappa shape index (κ3) is 4.43. The van der Waals surface area contributed by atoms with Gasteiger partial charge in [0.25, 0.3) is 11.8 Å².